The second-order valence-electron chi connectivity index (χ2n) is 5.60. The molecule has 0 heterocycles. The van der Waals surface area contributed by atoms with Crippen molar-refractivity contribution in [3.63, 3.8) is 0 Å². The number of hydrogen-bond donors (Lipinski definition) is 0. The third kappa shape index (κ3) is 3.44. The number of allylic oxidation sites excluding steroid dienone is 1. The minimum atomic E-state index is -0.928. The van der Waals surface area contributed by atoms with E-state index in [1.165, 1.54) is 5.56 Å². The number of alkyl halides is 1. The van der Waals surface area contributed by atoms with Crippen LogP contribution in [-0.2, 0) is 0 Å². The molecule has 0 bridgehead atoms. The molecule has 1 aromatic carbocycles. The van der Waals surface area contributed by atoms with Gasteiger partial charge in [-0.1, -0.05) is 36.4 Å². The zero-order chi connectivity index (χ0) is 13.8. The zero-order valence-corrected chi connectivity index (χ0v) is 11.4. The van der Waals surface area contributed by atoms with Crippen LogP contribution in [0.2, 0.25) is 0 Å². The summed E-state index contributed by atoms with van der Waals surface area (Å²) in [6, 6.07) is 10.4. The summed E-state index contributed by atoms with van der Waals surface area (Å²) in [7, 11) is 0. The molecule has 0 saturated heterocycles. The molecular formula is C17H20FN. The van der Waals surface area contributed by atoms with E-state index in [9.17, 15) is 4.39 Å². The molecule has 0 spiro atoms. The van der Waals surface area contributed by atoms with Gasteiger partial charge in [0, 0.05) is 0 Å². The third-order valence-corrected chi connectivity index (χ3v) is 4.06. The van der Waals surface area contributed by atoms with Crippen molar-refractivity contribution in [2.24, 2.45) is 11.8 Å². The number of rotatable bonds is 4. The van der Waals surface area contributed by atoms with E-state index in [4.69, 9.17) is 5.26 Å². The van der Waals surface area contributed by atoms with E-state index in [1.807, 2.05) is 0 Å². The highest BCUT2D eigenvalue weighted by Crippen LogP contribution is 2.37. The largest absolute Gasteiger partial charge is 0.246 e. The molecular weight excluding hydrogens is 237 g/mol. The first kappa shape index (κ1) is 13.8. The lowest BCUT2D eigenvalue weighted by Crippen LogP contribution is -2.03. The van der Waals surface area contributed by atoms with Crippen molar-refractivity contribution in [1.29, 1.82) is 5.26 Å². The maximum Gasteiger partial charge on any atom is 0.116 e. The second-order valence-corrected chi connectivity index (χ2v) is 5.60. The molecule has 2 rings (SSSR count). The molecule has 1 aliphatic rings. The highest BCUT2D eigenvalue weighted by atomic mass is 19.1. The van der Waals surface area contributed by atoms with Gasteiger partial charge in [0.1, 0.15) is 6.17 Å². The molecule has 1 aromatic rings. The van der Waals surface area contributed by atoms with Gasteiger partial charge in [0.05, 0.1) is 12.0 Å². The Hall–Kier alpha value is -1.62. The molecule has 1 nitrogen and oxygen atoms in total. The van der Waals surface area contributed by atoms with E-state index in [2.05, 4.69) is 43.8 Å². The van der Waals surface area contributed by atoms with Gasteiger partial charge in [-0.3, -0.25) is 0 Å². The lowest BCUT2D eigenvalue weighted by atomic mass is 9.94. The van der Waals surface area contributed by atoms with E-state index in [0.717, 1.165) is 24.0 Å². The number of nitrogens with zero attached hydrogens (tertiary/aromatic N) is 1. The number of hydrogen-bond acceptors (Lipinski definition) is 1. The average molecular weight is 257 g/mol. The molecule has 3 atom stereocenters. The minimum absolute atomic E-state index is 0.335. The van der Waals surface area contributed by atoms with Crippen LogP contribution in [0.5, 0.6) is 0 Å². The summed E-state index contributed by atoms with van der Waals surface area (Å²) in [6.07, 6.45) is 2.14. The fraction of sp³-hybridized carbons (Fsp3) is 0.471. The highest BCUT2D eigenvalue weighted by molar-refractivity contribution is 5.63. The molecule has 2 heteroatoms. The predicted molar refractivity (Wildman–Crippen MR) is 76.2 cm³/mol. The van der Waals surface area contributed by atoms with E-state index >= 15 is 0 Å². The van der Waals surface area contributed by atoms with Gasteiger partial charge < -0.3 is 0 Å². The molecule has 0 aromatic heterocycles. The van der Waals surface area contributed by atoms with Crippen LogP contribution < -0.4 is 0 Å². The Labute approximate surface area is 114 Å². The van der Waals surface area contributed by atoms with Crippen molar-refractivity contribution in [1.82, 2.24) is 0 Å². The molecule has 0 aliphatic heterocycles. The maximum absolute atomic E-state index is 13.5. The Bertz CT molecular complexity index is 483. The first-order valence-corrected chi connectivity index (χ1v) is 6.88. The Morgan fingerprint density at radius 2 is 2.05 bits per heavy atom. The van der Waals surface area contributed by atoms with E-state index in [-0.39, 0.29) is 0 Å². The van der Waals surface area contributed by atoms with Crippen LogP contribution in [0.15, 0.2) is 30.8 Å². The van der Waals surface area contributed by atoms with Crippen LogP contribution in [0.3, 0.4) is 0 Å². The standard InChI is InChI=1S/C17H20FN/c1-12-3-7-15(8-4-12)13(2)5-6-14-9-16(11-19)17(18)10-14/h3-4,7-8,14,16-17H,2,5-6,9-10H2,1H3. The Morgan fingerprint density at radius 3 is 2.63 bits per heavy atom. The molecule has 19 heavy (non-hydrogen) atoms. The Kier molecular flexibility index (Phi) is 4.37. The SMILES string of the molecule is C=C(CCC1CC(F)C(C#N)C1)c1ccc(C)cc1. The van der Waals surface area contributed by atoms with Gasteiger partial charge in [-0.05, 0) is 49.7 Å². The third-order valence-electron chi connectivity index (χ3n) is 4.06. The number of benzene rings is 1. The Balaban J connectivity index is 1.85. The predicted octanol–water partition coefficient (Wildman–Crippen LogP) is 4.68. The second kappa shape index (κ2) is 6.02. The lowest BCUT2D eigenvalue weighted by molar-refractivity contribution is 0.296. The van der Waals surface area contributed by atoms with Gasteiger partial charge >= 0.3 is 0 Å². The van der Waals surface area contributed by atoms with Crippen LogP contribution >= 0.6 is 0 Å². The zero-order valence-electron chi connectivity index (χ0n) is 11.4. The van der Waals surface area contributed by atoms with E-state index in [0.29, 0.717) is 18.8 Å². The summed E-state index contributed by atoms with van der Waals surface area (Å²) >= 11 is 0. The smallest absolute Gasteiger partial charge is 0.116 e. The normalized spacial score (nSPS) is 26.1. The van der Waals surface area contributed by atoms with Crippen LogP contribution in [0, 0.1) is 30.1 Å². The van der Waals surface area contributed by atoms with E-state index < -0.39 is 12.1 Å². The molecule has 1 fully saturated rings. The van der Waals surface area contributed by atoms with E-state index in [1.54, 1.807) is 0 Å². The lowest BCUT2D eigenvalue weighted by Gasteiger charge is -2.11. The number of nitriles is 1. The summed E-state index contributed by atoms with van der Waals surface area (Å²) in [5.41, 5.74) is 3.51. The van der Waals surface area contributed by atoms with Crippen molar-refractivity contribution >= 4 is 5.57 Å². The summed E-state index contributed by atoms with van der Waals surface area (Å²) in [5, 5.41) is 8.83. The van der Waals surface area contributed by atoms with Gasteiger partial charge in [0.25, 0.3) is 0 Å². The fourth-order valence-corrected chi connectivity index (χ4v) is 2.77. The van der Waals surface area contributed by atoms with Gasteiger partial charge in [-0.25, -0.2) is 4.39 Å². The highest BCUT2D eigenvalue weighted by Gasteiger charge is 2.33. The minimum Gasteiger partial charge on any atom is -0.246 e. The molecule has 0 N–H and O–H groups in total. The van der Waals surface area contributed by atoms with Crippen LogP contribution in [0.25, 0.3) is 5.57 Å². The van der Waals surface area contributed by atoms with Crippen LogP contribution in [0.1, 0.15) is 36.8 Å². The van der Waals surface area contributed by atoms with Crippen molar-refractivity contribution in [2.75, 3.05) is 0 Å². The van der Waals surface area contributed by atoms with Gasteiger partial charge in [0.2, 0.25) is 0 Å². The summed E-state index contributed by atoms with van der Waals surface area (Å²) in [6.45, 7) is 6.18. The molecule has 1 aliphatic carbocycles. The molecule has 1 saturated carbocycles. The maximum atomic E-state index is 13.5. The Morgan fingerprint density at radius 1 is 1.37 bits per heavy atom. The molecule has 3 unspecified atom stereocenters. The van der Waals surface area contributed by atoms with Crippen LogP contribution in [0.4, 0.5) is 4.39 Å². The monoisotopic (exact) mass is 257 g/mol. The van der Waals surface area contributed by atoms with Gasteiger partial charge in [-0.15, -0.1) is 0 Å². The van der Waals surface area contributed by atoms with Gasteiger partial charge in [0.15, 0.2) is 0 Å². The fourth-order valence-electron chi connectivity index (χ4n) is 2.77. The van der Waals surface area contributed by atoms with Crippen molar-refractivity contribution in [3.8, 4) is 6.07 Å². The van der Waals surface area contributed by atoms with Crippen LogP contribution in [-0.4, -0.2) is 6.17 Å². The molecule has 100 valence electrons. The summed E-state index contributed by atoms with van der Waals surface area (Å²) in [5.74, 6) is -0.0560. The number of halogens is 1. The first-order valence-electron chi connectivity index (χ1n) is 6.88. The number of aryl methyl sites for hydroxylation is 1. The van der Waals surface area contributed by atoms with Crippen molar-refractivity contribution < 1.29 is 4.39 Å². The molecule has 0 amide bonds. The summed E-state index contributed by atoms with van der Waals surface area (Å²) < 4.78 is 13.5. The quantitative estimate of drug-likeness (QED) is 0.768. The first-order chi connectivity index (χ1) is 9.10. The topological polar surface area (TPSA) is 23.8 Å². The molecule has 0 radical (unpaired) electrons. The van der Waals surface area contributed by atoms with Gasteiger partial charge in [-0.2, -0.15) is 5.26 Å². The van der Waals surface area contributed by atoms with Crippen molar-refractivity contribution in [3.05, 3.63) is 42.0 Å². The average Bonchev–Trinajstić information content (AvgIpc) is 2.77. The van der Waals surface area contributed by atoms with Crippen molar-refractivity contribution in [2.45, 2.75) is 38.8 Å². The summed E-state index contributed by atoms with van der Waals surface area (Å²) in [4.78, 5) is 0.